The molecule has 28 heavy (non-hydrogen) atoms. The Labute approximate surface area is 171 Å². The van der Waals surface area contributed by atoms with Gasteiger partial charge >= 0.3 is 5.97 Å². The molecule has 7 heteroatoms. The molecule has 1 fully saturated rings. The van der Waals surface area contributed by atoms with Crippen LogP contribution in [-0.4, -0.2) is 31.8 Å². The second kappa shape index (κ2) is 8.23. The van der Waals surface area contributed by atoms with E-state index in [-0.39, 0.29) is 10.5 Å². The first-order valence-electron chi connectivity index (χ1n) is 9.25. The van der Waals surface area contributed by atoms with E-state index in [1.807, 2.05) is 0 Å². The van der Waals surface area contributed by atoms with Gasteiger partial charge < -0.3 is 4.74 Å². The average Bonchev–Trinajstić information content (AvgIpc) is 2.63. The maximum Gasteiger partial charge on any atom is 0.343 e. The lowest BCUT2D eigenvalue weighted by Gasteiger charge is -2.34. The molecule has 1 aliphatic rings. The zero-order valence-electron chi connectivity index (χ0n) is 16.2. The van der Waals surface area contributed by atoms with Gasteiger partial charge in [-0.15, -0.1) is 0 Å². The van der Waals surface area contributed by atoms with Gasteiger partial charge in [-0.05, 0) is 73.2 Å². The predicted molar refractivity (Wildman–Crippen MR) is 109 cm³/mol. The molecule has 0 radical (unpaired) electrons. The fourth-order valence-corrected chi connectivity index (χ4v) is 5.51. The summed E-state index contributed by atoms with van der Waals surface area (Å²) in [7, 11) is -3.57. The number of aryl methyl sites for hydroxylation is 1. The lowest BCUT2D eigenvalue weighted by atomic mass is 9.94. The normalized spacial score (nSPS) is 20.7. The molecule has 2 aromatic carbocycles. The molecule has 0 amide bonds. The number of rotatable bonds is 4. The van der Waals surface area contributed by atoms with Gasteiger partial charge in [0.15, 0.2) is 0 Å². The lowest BCUT2D eigenvalue weighted by Crippen LogP contribution is -2.42. The first-order valence-corrected chi connectivity index (χ1v) is 11.1. The Morgan fingerprint density at radius 1 is 1.07 bits per heavy atom. The molecule has 0 aliphatic carbocycles. The van der Waals surface area contributed by atoms with Crippen molar-refractivity contribution >= 4 is 27.6 Å². The van der Waals surface area contributed by atoms with Crippen molar-refractivity contribution in [3.05, 3.63) is 58.6 Å². The minimum atomic E-state index is -3.57. The number of benzene rings is 2. The van der Waals surface area contributed by atoms with Crippen LogP contribution in [0.3, 0.4) is 0 Å². The van der Waals surface area contributed by atoms with Crippen LogP contribution in [0.5, 0.6) is 5.75 Å². The Bertz CT molecular complexity index is 962. The molecule has 1 heterocycles. The van der Waals surface area contributed by atoms with E-state index in [0.717, 1.165) is 12.0 Å². The third-order valence-corrected chi connectivity index (χ3v) is 6.98. The van der Waals surface area contributed by atoms with E-state index in [4.69, 9.17) is 16.3 Å². The molecule has 2 atom stereocenters. The second-order valence-electron chi connectivity index (χ2n) is 7.59. The van der Waals surface area contributed by atoms with E-state index in [1.54, 1.807) is 25.1 Å². The van der Waals surface area contributed by atoms with Crippen molar-refractivity contribution in [1.82, 2.24) is 4.31 Å². The van der Waals surface area contributed by atoms with E-state index in [2.05, 4.69) is 13.8 Å². The summed E-state index contributed by atoms with van der Waals surface area (Å²) in [6.45, 7) is 6.97. The maximum absolute atomic E-state index is 12.9. The molecule has 0 saturated carbocycles. The molecule has 2 aromatic rings. The molecule has 0 aromatic heterocycles. The molecular weight excluding hydrogens is 398 g/mol. The number of hydrogen-bond acceptors (Lipinski definition) is 4. The summed E-state index contributed by atoms with van der Waals surface area (Å²) in [4.78, 5) is 12.6. The van der Waals surface area contributed by atoms with Crippen molar-refractivity contribution in [2.45, 2.75) is 32.1 Å². The molecule has 1 saturated heterocycles. The van der Waals surface area contributed by atoms with Gasteiger partial charge in [0.05, 0.1) is 10.5 Å². The number of ether oxygens (including phenoxy) is 1. The average molecular weight is 422 g/mol. The Morgan fingerprint density at radius 3 is 2.25 bits per heavy atom. The first kappa shape index (κ1) is 20.8. The van der Waals surface area contributed by atoms with Gasteiger partial charge in [0.1, 0.15) is 5.75 Å². The number of esters is 1. The molecule has 0 N–H and O–H groups in total. The minimum Gasteiger partial charge on any atom is -0.423 e. The largest absolute Gasteiger partial charge is 0.423 e. The van der Waals surface area contributed by atoms with Crippen LogP contribution in [-0.2, 0) is 10.0 Å². The van der Waals surface area contributed by atoms with E-state index < -0.39 is 16.0 Å². The number of hydrogen-bond donors (Lipinski definition) is 0. The van der Waals surface area contributed by atoms with Crippen molar-refractivity contribution in [3.63, 3.8) is 0 Å². The van der Waals surface area contributed by atoms with Crippen LogP contribution in [0.4, 0.5) is 0 Å². The molecule has 3 rings (SSSR count). The van der Waals surface area contributed by atoms with E-state index in [1.165, 1.54) is 28.6 Å². The Morgan fingerprint density at radius 2 is 1.68 bits per heavy atom. The molecule has 150 valence electrons. The number of carbonyl (C=O) groups is 1. The minimum absolute atomic E-state index is 0.188. The van der Waals surface area contributed by atoms with Gasteiger partial charge in [0, 0.05) is 18.1 Å². The van der Waals surface area contributed by atoms with Crippen LogP contribution in [0, 0.1) is 18.8 Å². The van der Waals surface area contributed by atoms with E-state index >= 15 is 0 Å². The SMILES string of the molecule is Cc1cc(Cl)ccc1OC(=O)c1ccc(S(=O)(=O)N2C[C@H](C)C[C@@H](C)C2)cc1. The summed E-state index contributed by atoms with van der Waals surface area (Å²) in [5, 5.41) is 0.563. The van der Waals surface area contributed by atoms with Crippen LogP contribution in [0.1, 0.15) is 36.2 Å². The summed E-state index contributed by atoms with van der Waals surface area (Å²) in [6.07, 6.45) is 1.03. The Balaban J connectivity index is 1.76. The van der Waals surface area contributed by atoms with Gasteiger partial charge in [-0.1, -0.05) is 25.4 Å². The highest BCUT2D eigenvalue weighted by molar-refractivity contribution is 7.89. The quantitative estimate of drug-likeness (QED) is 0.537. The summed E-state index contributed by atoms with van der Waals surface area (Å²) >= 11 is 5.91. The predicted octanol–water partition coefficient (Wildman–Crippen LogP) is 4.53. The summed E-state index contributed by atoms with van der Waals surface area (Å²) in [5.41, 5.74) is 1.03. The van der Waals surface area contributed by atoms with Crippen LogP contribution < -0.4 is 4.74 Å². The summed E-state index contributed by atoms with van der Waals surface area (Å²) in [6, 6.07) is 10.9. The van der Waals surface area contributed by atoms with Gasteiger partial charge in [-0.25, -0.2) is 13.2 Å². The molecule has 1 aliphatic heterocycles. The third kappa shape index (κ3) is 4.57. The van der Waals surface area contributed by atoms with Crippen LogP contribution in [0.15, 0.2) is 47.4 Å². The summed E-state index contributed by atoms with van der Waals surface area (Å²) < 4.78 is 32.8. The maximum atomic E-state index is 12.9. The van der Waals surface area contributed by atoms with E-state index in [0.29, 0.717) is 35.7 Å². The number of piperidine rings is 1. The van der Waals surface area contributed by atoms with Crippen LogP contribution in [0.2, 0.25) is 5.02 Å². The van der Waals surface area contributed by atoms with Crippen molar-refractivity contribution in [2.24, 2.45) is 11.8 Å². The smallest absolute Gasteiger partial charge is 0.343 e. The topological polar surface area (TPSA) is 63.7 Å². The molecule has 5 nitrogen and oxygen atoms in total. The fourth-order valence-electron chi connectivity index (χ4n) is 3.60. The highest BCUT2D eigenvalue weighted by Crippen LogP contribution is 2.27. The van der Waals surface area contributed by atoms with Gasteiger partial charge in [-0.2, -0.15) is 4.31 Å². The van der Waals surface area contributed by atoms with Crippen molar-refractivity contribution in [2.75, 3.05) is 13.1 Å². The van der Waals surface area contributed by atoms with Crippen LogP contribution >= 0.6 is 11.6 Å². The monoisotopic (exact) mass is 421 g/mol. The van der Waals surface area contributed by atoms with E-state index in [9.17, 15) is 13.2 Å². The zero-order chi connectivity index (χ0) is 20.5. The second-order valence-corrected chi connectivity index (χ2v) is 9.97. The Kier molecular flexibility index (Phi) is 6.12. The number of carbonyl (C=O) groups excluding carboxylic acids is 1. The van der Waals surface area contributed by atoms with Crippen molar-refractivity contribution in [3.8, 4) is 5.75 Å². The lowest BCUT2D eigenvalue weighted by molar-refractivity contribution is 0.0733. The Hall–Kier alpha value is -1.89. The highest BCUT2D eigenvalue weighted by atomic mass is 35.5. The van der Waals surface area contributed by atoms with Crippen molar-refractivity contribution < 1.29 is 17.9 Å². The number of sulfonamides is 1. The highest BCUT2D eigenvalue weighted by Gasteiger charge is 2.31. The molecular formula is C21H24ClNO4S. The zero-order valence-corrected chi connectivity index (χ0v) is 17.8. The molecule has 0 spiro atoms. The van der Waals surface area contributed by atoms with Crippen molar-refractivity contribution in [1.29, 1.82) is 0 Å². The van der Waals surface area contributed by atoms with Gasteiger partial charge in [0.25, 0.3) is 0 Å². The number of nitrogens with zero attached hydrogens (tertiary/aromatic N) is 1. The number of halogens is 1. The molecule has 0 bridgehead atoms. The first-order chi connectivity index (χ1) is 13.2. The van der Waals surface area contributed by atoms with Crippen LogP contribution in [0.25, 0.3) is 0 Å². The standard InChI is InChI=1S/C21H24ClNO4S/c1-14-10-15(2)13-23(12-14)28(25,26)19-7-4-17(5-8-19)21(24)27-20-9-6-18(22)11-16(20)3/h4-9,11,14-15H,10,12-13H2,1-3H3/t14-,15-/m1/s1. The summed E-state index contributed by atoms with van der Waals surface area (Å²) in [5.74, 6) is 0.530. The fraction of sp³-hybridized carbons (Fsp3) is 0.381. The molecule has 0 unspecified atom stereocenters. The third-order valence-electron chi connectivity index (χ3n) is 4.90. The van der Waals surface area contributed by atoms with Gasteiger partial charge in [0.2, 0.25) is 10.0 Å². The van der Waals surface area contributed by atoms with Gasteiger partial charge in [-0.3, -0.25) is 0 Å².